The molecule has 1 aliphatic rings. The van der Waals surface area contributed by atoms with Crippen LogP contribution in [0.2, 0.25) is 0 Å². The van der Waals surface area contributed by atoms with E-state index in [1.165, 1.54) is 22.6 Å². The Kier molecular flexibility index (Phi) is 4.79. The van der Waals surface area contributed by atoms with Crippen LogP contribution >= 0.6 is 0 Å². The van der Waals surface area contributed by atoms with Gasteiger partial charge in [0, 0.05) is 49.5 Å². The quantitative estimate of drug-likeness (QED) is 0.755. The SMILES string of the molecule is CN(C)C(=O)Nc1ccc(F)c(-c2cn3cc(C4=CCOCC4)cnc3n2)c1. The van der Waals surface area contributed by atoms with Crippen LogP contribution in [-0.4, -0.2) is 52.6 Å². The predicted octanol–water partition coefficient (Wildman–Crippen LogP) is 3.43. The summed E-state index contributed by atoms with van der Waals surface area (Å²) in [6.45, 7) is 1.29. The largest absolute Gasteiger partial charge is 0.377 e. The summed E-state index contributed by atoms with van der Waals surface area (Å²) in [5.74, 6) is 0.0622. The number of ether oxygens (including phenoxy) is 1. The highest BCUT2D eigenvalue weighted by Gasteiger charge is 2.14. The van der Waals surface area contributed by atoms with Gasteiger partial charge in [0.1, 0.15) is 5.82 Å². The summed E-state index contributed by atoms with van der Waals surface area (Å²) in [7, 11) is 3.28. The van der Waals surface area contributed by atoms with Gasteiger partial charge >= 0.3 is 6.03 Å². The third kappa shape index (κ3) is 3.59. The molecule has 144 valence electrons. The van der Waals surface area contributed by atoms with Gasteiger partial charge in [0.2, 0.25) is 5.78 Å². The minimum atomic E-state index is -0.418. The fourth-order valence-corrected chi connectivity index (χ4v) is 3.00. The van der Waals surface area contributed by atoms with Crippen LogP contribution in [0.1, 0.15) is 12.0 Å². The number of nitrogens with zero attached hydrogens (tertiary/aromatic N) is 4. The first-order valence-corrected chi connectivity index (χ1v) is 8.91. The van der Waals surface area contributed by atoms with Crippen molar-refractivity contribution in [2.24, 2.45) is 0 Å². The number of rotatable bonds is 3. The van der Waals surface area contributed by atoms with Crippen molar-refractivity contribution in [2.45, 2.75) is 6.42 Å². The first-order valence-electron chi connectivity index (χ1n) is 8.91. The van der Waals surface area contributed by atoms with Gasteiger partial charge in [-0.2, -0.15) is 0 Å². The standard InChI is InChI=1S/C20H20FN5O2/c1-25(2)20(27)23-15-3-4-17(21)16(9-15)18-12-26-11-14(10-22-19(26)24-18)13-5-7-28-8-6-13/h3-5,9-12H,6-8H2,1-2H3,(H,23,27). The van der Waals surface area contributed by atoms with Crippen LogP contribution in [0.4, 0.5) is 14.9 Å². The van der Waals surface area contributed by atoms with Crippen molar-refractivity contribution in [3.8, 4) is 11.3 Å². The highest BCUT2D eigenvalue weighted by atomic mass is 19.1. The van der Waals surface area contributed by atoms with E-state index in [1.807, 2.05) is 12.3 Å². The maximum atomic E-state index is 14.4. The number of nitrogens with one attached hydrogen (secondary N) is 1. The average molecular weight is 381 g/mol. The molecule has 0 aliphatic carbocycles. The summed E-state index contributed by atoms with van der Waals surface area (Å²) < 4.78 is 21.6. The Morgan fingerprint density at radius 1 is 1.32 bits per heavy atom. The molecular formula is C20H20FN5O2. The van der Waals surface area contributed by atoms with E-state index >= 15 is 0 Å². The van der Waals surface area contributed by atoms with Crippen molar-refractivity contribution >= 4 is 23.1 Å². The normalized spacial score (nSPS) is 14.0. The van der Waals surface area contributed by atoms with Crippen LogP contribution in [0.25, 0.3) is 22.6 Å². The van der Waals surface area contributed by atoms with Crippen LogP contribution in [0.5, 0.6) is 0 Å². The number of halogens is 1. The number of benzene rings is 1. The summed E-state index contributed by atoms with van der Waals surface area (Å²) in [5.41, 5.74) is 3.41. The summed E-state index contributed by atoms with van der Waals surface area (Å²) in [6, 6.07) is 4.12. The molecule has 0 unspecified atom stereocenters. The Morgan fingerprint density at radius 3 is 2.93 bits per heavy atom. The smallest absolute Gasteiger partial charge is 0.321 e. The second-order valence-corrected chi connectivity index (χ2v) is 6.75. The lowest BCUT2D eigenvalue weighted by molar-refractivity contribution is 0.161. The summed E-state index contributed by atoms with van der Waals surface area (Å²) >= 11 is 0. The average Bonchev–Trinajstić information content (AvgIpc) is 3.13. The molecule has 0 saturated carbocycles. The van der Waals surface area contributed by atoms with E-state index in [2.05, 4.69) is 15.3 Å². The first-order chi connectivity index (χ1) is 13.5. The number of carbonyl (C=O) groups is 1. The van der Waals surface area contributed by atoms with Gasteiger partial charge in [0.25, 0.3) is 0 Å². The van der Waals surface area contributed by atoms with Gasteiger partial charge in [-0.05, 0) is 30.2 Å². The fourth-order valence-electron chi connectivity index (χ4n) is 3.00. The lowest BCUT2D eigenvalue weighted by Gasteiger charge is -2.13. The number of hydrogen-bond donors (Lipinski definition) is 1. The molecule has 0 fully saturated rings. The Hall–Kier alpha value is -3.26. The van der Waals surface area contributed by atoms with E-state index in [-0.39, 0.29) is 6.03 Å². The number of hydrogen-bond acceptors (Lipinski definition) is 4. The van der Waals surface area contributed by atoms with E-state index in [4.69, 9.17) is 4.74 Å². The summed E-state index contributed by atoms with van der Waals surface area (Å²) in [6.07, 6.45) is 8.32. The molecule has 0 saturated heterocycles. The zero-order chi connectivity index (χ0) is 19.7. The highest BCUT2D eigenvalue weighted by molar-refractivity contribution is 5.89. The lowest BCUT2D eigenvalue weighted by atomic mass is 10.1. The second kappa shape index (κ2) is 7.40. The molecule has 7 nitrogen and oxygen atoms in total. The molecule has 4 rings (SSSR count). The molecule has 2 aromatic heterocycles. The molecule has 1 aromatic carbocycles. The first kappa shape index (κ1) is 18.1. The van der Waals surface area contributed by atoms with Crippen molar-refractivity contribution in [3.05, 3.63) is 54.2 Å². The Morgan fingerprint density at radius 2 is 2.18 bits per heavy atom. The van der Waals surface area contributed by atoms with Crippen molar-refractivity contribution < 1.29 is 13.9 Å². The maximum Gasteiger partial charge on any atom is 0.321 e. The third-order valence-corrected chi connectivity index (χ3v) is 4.54. The molecule has 0 spiro atoms. The maximum absolute atomic E-state index is 14.4. The molecule has 0 atom stereocenters. The molecule has 3 aromatic rings. The number of fused-ring (bicyclic) bond motifs is 1. The van der Waals surface area contributed by atoms with Crippen molar-refractivity contribution in [3.63, 3.8) is 0 Å². The van der Waals surface area contributed by atoms with Gasteiger partial charge in [-0.25, -0.2) is 19.2 Å². The fraction of sp³-hybridized carbons (Fsp3) is 0.250. The Labute approximate surface area is 161 Å². The number of aromatic nitrogens is 3. The number of carbonyl (C=O) groups excluding carboxylic acids is 1. The summed E-state index contributed by atoms with van der Waals surface area (Å²) in [5, 5.41) is 2.72. The van der Waals surface area contributed by atoms with E-state index in [1.54, 1.807) is 37.0 Å². The van der Waals surface area contributed by atoms with Crippen LogP contribution in [0.3, 0.4) is 0 Å². The summed E-state index contributed by atoms with van der Waals surface area (Å²) in [4.78, 5) is 22.1. The molecule has 2 amide bonds. The van der Waals surface area contributed by atoms with Gasteiger partial charge in [0.15, 0.2) is 0 Å². The molecule has 0 radical (unpaired) electrons. The molecule has 1 N–H and O–H groups in total. The Bertz CT molecular complexity index is 1070. The van der Waals surface area contributed by atoms with Crippen molar-refractivity contribution in [1.82, 2.24) is 19.3 Å². The van der Waals surface area contributed by atoms with Gasteiger partial charge in [0.05, 0.1) is 18.9 Å². The van der Waals surface area contributed by atoms with Gasteiger partial charge in [-0.15, -0.1) is 0 Å². The highest BCUT2D eigenvalue weighted by Crippen LogP contribution is 2.27. The van der Waals surface area contributed by atoms with Crippen LogP contribution in [0.15, 0.2) is 42.9 Å². The third-order valence-electron chi connectivity index (χ3n) is 4.54. The number of anilines is 1. The molecule has 0 bridgehead atoms. The van der Waals surface area contributed by atoms with Crippen LogP contribution < -0.4 is 5.32 Å². The zero-order valence-corrected chi connectivity index (χ0v) is 15.6. The molecule has 28 heavy (non-hydrogen) atoms. The minimum Gasteiger partial charge on any atom is -0.377 e. The minimum absolute atomic E-state index is 0.288. The number of amides is 2. The number of imidazole rings is 1. The van der Waals surface area contributed by atoms with Crippen molar-refractivity contribution in [2.75, 3.05) is 32.6 Å². The Balaban J connectivity index is 1.69. The van der Waals surface area contributed by atoms with Crippen LogP contribution in [-0.2, 0) is 4.74 Å². The topological polar surface area (TPSA) is 71.8 Å². The van der Waals surface area contributed by atoms with Gasteiger partial charge in [-0.1, -0.05) is 6.08 Å². The van der Waals surface area contributed by atoms with Gasteiger partial charge in [-0.3, -0.25) is 4.40 Å². The monoisotopic (exact) mass is 381 g/mol. The van der Waals surface area contributed by atoms with Crippen molar-refractivity contribution in [1.29, 1.82) is 0 Å². The molecule has 8 heteroatoms. The lowest BCUT2D eigenvalue weighted by Crippen LogP contribution is -2.27. The second-order valence-electron chi connectivity index (χ2n) is 6.75. The van der Waals surface area contributed by atoms with E-state index < -0.39 is 5.82 Å². The van der Waals surface area contributed by atoms with Gasteiger partial charge < -0.3 is 15.0 Å². The van der Waals surface area contributed by atoms with E-state index in [9.17, 15) is 9.18 Å². The van der Waals surface area contributed by atoms with E-state index in [0.29, 0.717) is 35.9 Å². The molecule has 3 heterocycles. The molecular weight excluding hydrogens is 361 g/mol. The predicted molar refractivity (Wildman–Crippen MR) is 104 cm³/mol. The molecule has 1 aliphatic heterocycles. The van der Waals surface area contributed by atoms with Crippen LogP contribution in [0, 0.1) is 5.82 Å². The zero-order valence-electron chi connectivity index (χ0n) is 15.6. The van der Waals surface area contributed by atoms with E-state index in [0.717, 1.165) is 12.0 Å². The number of urea groups is 1.